The molecule has 6 heteroatoms. The highest BCUT2D eigenvalue weighted by molar-refractivity contribution is 7.92. The molecule has 4 atom stereocenters. The zero-order valence-corrected chi connectivity index (χ0v) is 11.7. The Morgan fingerprint density at radius 3 is 2.68 bits per heavy atom. The maximum atomic E-state index is 12.1. The van der Waals surface area contributed by atoms with Crippen LogP contribution in [-0.2, 0) is 14.8 Å². The molecule has 5 nitrogen and oxygen atoms in total. The summed E-state index contributed by atoms with van der Waals surface area (Å²) < 4.78 is 31.1. The fourth-order valence-electron chi connectivity index (χ4n) is 3.25. The van der Waals surface area contributed by atoms with Crippen LogP contribution in [0, 0.1) is 0 Å². The number of hydrogen-bond acceptors (Lipinski definition) is 4. The zero-order chi connectivity index (χ0) is 13.8. The van der Waals surface area contributed by atoms with Crippen LogP contribution in [0.1, 0.15) is 24.8 Å². The van der Waals surface area contributed by atoms with Crippen molar-refractivity contribution in [3.8, 4) is 0 Å². The molecule has 1 aromatic carbocycles. The van der Waals surface area contributed by atoms with E-state index in [1.165, 1.54) is 10.6 Å². The number of aliphatic hydroxyl groups is 1. The van der Waals surface area contributed by atoms with Crippen molar-refractivity contribution in [2.24, 2.45) is 0 Å². The average molecular weight is 283 g/mol. The van der Waals surface area contributed by atoms with Crippen molar-refractivity contribution in [1.29, 1.82) is 0 Å². The quantitative estimate of drug-likeness (QED) is 0.881. The minimum Gasteiger partial charge on any atom is -0.367 e. The van der Waals surface area contributed by atoms with Crippen LogP contribution >= 0.6 is 0 Å². The fourth-order valence-corrected chi connectivity index (χ4v) is 4.48. The molecule has 2 aliphatic rings. The van der Waals surface area contributed by atoms with E-state index in [0.29, 0.717) is 12.1 Å². The van der Waals surface area contributed by atoms with Crippen LogP contribution in [0.2, 0.25) is 0 Å². The summed E-state index contributed by atoms with van der Waals surface area (Å²) in [7, 11) is -3.39. The Morgan fingerprint density at radius 2 is 2.05 bits per heavy atom. The highest BCUT2D eigenvalue weighted by Crippen LogP contribution is 2.50. The summed E-state index contributed by atoms with van der Waals surface area (Å²) in [4.78, 5) is 0. The molecule has 0 saturated carbocycles. The molecular formula is C13H17NO4S. The van der Waals surface area contributed by atoms with Gasteiger partial charge in [0.25, 0.3) is 0 Å². The predicted octanol–water partition coefficient (Wildman–Crippen LogP) is 1.05. The minimum absolute atomic E-state index is 0.276. The molecule has 0 spiro atoms. The van der Waals surface area contributed by atoms with Gasteiger partial charge in [-0.15, -0.1) is 0 Å². The molecular weight excluding hydrogens is 266 g/mol. The van der Waals surface area contributed by atoms with Crippen LogP contribution in [0.5, 0.6) is 0 Å². The second-order valence-electron chi connectivity index (χ2n) is 5.11. The molecule has 1 fully saturated rings. The number of para-hydroxylation sites is 1. The molecule has 19 heavy (non-hydrogen) atoms. The lowest BCUT2D eigenvalue weighted by molar-refractivity contribution is -0.0977. The molecule has 0 aliphatic carbocycles. The maximum Gasteiger partial charge on any atom is 0.232 e. The molecule has 1 saturated heterocycles. The van der Waals surface area contributed by atoms with Gasteiger partial charge >= 0.3 is 0 Å². The first-order chi connectivity index (χ1) is 8.95. The summed E-state index contributed by atoms with van der Waals surface area (Å²) >= 11 is 0. The van der Waals surface area contributed by atoms with E-state index < -0.39 is 16.3 Å². The van der Waals surface area contributed by atoms with Gasteiger partial charge in [0.05, 0.1) is 30.0 Å². The smallest absolute Gasteiger partial charge is 0.232 e. The lowest BCUT2D eigenvalue weighted by Crippen LogP contribution is -2.43. The molecule has 1 unspecified atom stereocenters. The number of anilines is 1. The van der Waals surface area contributed by atoms with E-state index in [4.69, 9.17) is 4.74 Å². The Kier molecular flexibility index (Phi) is 2.85. The fraction of sp³-hybridized carbons (Fsp3) is 0.538. The van der Waals surface area contributed by atoms with Crippen LogP contribution in [0.4, 0.5) is 5.69 Å². The standard InChI is InChI=1S/C13H17NO4S/c1-3-10-12-11(13(15)18-10)8-6-4-5-7-9(8)14(12)19(2,16)17/h4-7,10-13,15H,3H2,1-2H3/t10-,11+,12+,13?/m0/s1. The molecule has 1 aromatic rings. The Morgan fingerprint density at radius 1 is 1.37 bits per heavy atom. The summed E-state index contributed by atoms with van der Waals surface area (Å²) in [5.74, 6) is -0.295. The highest BCUT2D eigenvalue weighted by atomic mass is 32.2. The predicted molar refractivity (Wildman–Crippen MR) is 71.5 cm³/mol. The summed E-state index contributed by atoms with van der Waals surface area (Å²) in [5.41, 5.74) is 1.52. The second-order valence-corrected chi connectivity index (χ2v) is 6.97. The first-order valence-electron chi connectivity index (χ1n) is 6.37. The van der Waals surface area contributed by atoms with Crippen LogP contribution in [-0.4, -0.2) is 38.2 Å². The van der Waals surface area contributed by atoms with Gasteiger partial charge < -0.3 is 9.84 Å². The molecule has 0 bridgehead atoms. The Bertz CT molecular complexity index is 600. The van der Waals surface area contributed by atoms with Gasteiger partial charge in [0, 0.05) is 0 Å². The zero-order valence-electron chi connectivity index (χ0n) is 10.9. The van der Waals surface area contributed by atoms with Crippen LogP contribution < -0.4 is 4.31 Å². The van der Waals surface area contributed by atoms with Gasteiger partial charge in [0.15, 0.2) is 6.29 Å². The molecule has 0 amide bonds. The van der Waals surface area contributed by atoms with Crippen molar-refractivity contribution in [1.82, 2.24) is 0 Å². The summed E-state index contributed by atoms with van der Waals surface area (Å²) in [6, 6.07) is 6.98. The lowest BCUT2D eigenvalue weighted by Gasteiger charge is -2.27. The Balaban J connectivity index is 2.19. The van der Waals surface area contributed by atoms with Crippen molar-refractivity contribution in [2.75, 3.05) is 10.6 Å². The van der Waals surface area contributed by atoms with Gasteiger partial charge in [-0.25, -0.2) is 8.42 Å². The number of ether oxygens (including phenoxy) is 1. The Hall–Kier alpha value is -1.11. The van der Waals surface area contributed by atoms with Crippen LogP contribution in [0.3, 0.4) is 0 Å². The van der Waals surface area contributed by atoms with Gasteiger partial charge in [-0.05, 0) is 18.1 Å². The molecule has 0 aromatic heterocycles. The SMILES string of the molecule is CC[C@@H]1OC(O)[C@@H]2c3ccccc3N(S(C)(=O)=O)[C@H]12. The molecule has 104 valence electrons. The van der Waals surface area contributed by atoms with Crippen LogP contribution in [0.15, 0.2) is 24.3 Å². The van der Waals surface area contributed by atoms with E-state index in [1.54, 1.807) is 6.07 Å². The highest BCUT2D eigenvalue weighted by Gasteiger charge is 2.54. The third-order valence-corrected chi connectivity index (χ3v) is 5.09. The van der Waals surface area contributed by atoms with Crippen molar-refractivity contribution < 1.29 is 18.3 Å². The summed E-state index contributed by atoms with van der Waals surface area (Å²) in [6.07, 6.45) is 0.645. The first kappa shape index (κ1) is 12.9. The summed E-state index contributed by atoms with van der Waals surface area (Å²) in [5, 5.41) is 10.1. The van der Waals surface area contributed by atoms with Crippen LogP contribution in [0.25, 0.3) is 0 Å². The lowest BCUT2D eigenvalue weighted by atomic mass is 9.93. The molecule has 2 heterocycles. The van der Waals surface area contributed by atoms with Gasteiger partial charge in [0.1, 0.15) is 0 Å². The number of aliphatic hydroxyl groups excluding tert-OH is 1. The van der Waals surface area contributed by atoms with E-state index in [0.717, 1.165) is 5.56 Å². The monoisotopic (exact) mass is 283 g/mol. The Labute approximate surface area is 112 Å². The second kappa shape index (κ2) is 4.19. The average Bonchev–Trinajstić information content (AvgIpc) is 2.84. The summed E-state index contributed by atoms with van der Waals surface area (Å²) in [6.45, 7) is 1.93. The number of rotatable bonds is 2. The van der Waals surface area contributed by atoms with E-state index in [9.17, 15) is 13.5 Å². The first-order valence-corrected chi connectivity index (χ1v) is 8.22. The maximum absolute atomic E-state index is 12.1. The van der Waals surface area contributed by atoms with Gasteiger partial charge in [-0.2, -0.15) is 0 Å². The van der Waals surface area contributed by atoms with Gasteiger partial charge in [-0.1, -0.05) is 25.1 Å². The van der Waals surface area contributed by atoms with Crippen molar-refractivity contribution in [3.05, 3.63) is 29.8 Å². The molecule has 2 aliphatic heterocycles. The third kappa shape index (κ3) is 1.78. The number of fused-ring (bicyclic) bond motifs is 3. The topological polar surface area (TPSA) is 66.8 Å². The number of sulfonamides is 1. The molecule has 0 radical (unpaired) electrons. The van der Waals surface area contributed by atoms with E-state index in [-0.39, 0.29) is 18.1 Å². The van der Waals surface area contributed by atoms with Crippen molar-refractivity contribution in [3.63, 3.8) is 0 Å². The third-order valence-electron chi connectivity index (χ3n) is 3.93. The normalized spacial score (nSPS) is 33.3. The van der Waals surface area contributed by atoms with Gasteiger partial charge in [-0.3, -0.25) is 4.31 Å². The van der Waals surface area contributed by atoms with E-state index >= 15 is 0 Å². The van der Waals surface area contributed by atoms with Gasteiger partial charge in [0.2, 0.25) is 10.0 Å². The number of benzene rings is 1. The van der Waals surface area contributed by atoms with Crippen molar-refractivity contribution in [2.45, 2.75) is 37.7 Å². The van der Waals surface area contributed by atoms with E-state index in [2.05, 4.69) is 0 Å². The largest absolute Gasteiger partial charge is 0.367 e. The molecule has 1 N–H and O–H groups in total. The number of nitrogens with zero attached hydrogens (tertiary/aromatic N) is 1. The number of hydrogen-bond donors (Lipinski definition) is 1. The van der Waals surface area contributed by atoms with E-state index in [1.807, 2.05) is 25.1 Å². The van der Waals surface area contributed by atoms with Crippen molar-refractivity contribution >= 4 is 15.7 Å². The molecule has 3 rings (SSSR count). The minimum atomic E-state index is -3.39.